The Bertz CT molecular complexity index is 1190. The Hall–Kier alpha value is -3.05. The van der Waals surface area contributed by atoms with Crippen molar-refractivity contribution in [3.63, 3.8) is 0 Å². The first-order valence-corrected chi connectivity index (χ1v) is 12.6. The normalized spacial score (nSPS) is 16.0. The average Bonchev–Trinajstić information content (AvgIpc) is 2.87. The Labute approximate surface area is 206 Å². The predicted molar refractivity (Wildman–Crippen MR) is 140 cm³/mol. The third-order valence-electron chi connectivity index (χ3n) is 6.95. The van der Waals surface area contributed by atoms with E-state index in [0.29, 0.717) is 11.6 Å². The summed E-state index contributed by atoms with van der Waals surface area (Å²) in [4.78, 5) is 20.0. The smallest absolute Gasteiger partial charge is 0.251 e. The lowest BCUT2D eigenvalue weighted by Crippen LogP contribution is -2.36. The number of rotatable bonds is 5. The lowest BCUT2D eigenvalue weighted by Gasteiger charge is -2.32. The van der Waals surface area contributed by atoms with E-state index < -0.39 is 0 Å². The number of hydrogen-bond donors (Lipinski definition) is 2. The first-order valence-electron chi connectivity index (χ1n) is 12.2. The highest BCUT2D eigenvalue weighted by Gasteiger charge is 2.21. The van der Waals surface area contributed by atoms with E-state index in [9.17, 15) is 4.79 Å². The standard InChI is InChI=1S/C28H31ClN4O/c1-19-10-11-24(29)15-23(19)18-33-13-12-30-27-26(33)16-22(17-31-27)20-6-5-7-21(14-20)28(34)32-25-8-3-2-4-9-25/h5-7,10-11,14-17,25H,2-4,8-9,12-13,18H2,1H3,(H,30,31)(H,32,34). The van der Waals surface area contributed by atoms with Crippen LogP contribution in [0.4, 0.5) is 11.5 Å². The molecule has 2 aromatic carbocycles. The van der Waals surface area contributed by atoms with Crippen LogP contribution >= 0.6 is 11.6 Å². The van der Waals surface area contributed by atoms with Gasteiger partial charge in [-0.2, -0.15) is 0 Å². The SMILES string of the molecule is Cc1ccc(Cl)cc1CN1CCNc2ncc(-c3cccc(C(=O)NC4CCCCC4)c3)cc21. The number of nitrogens with zero attached hydrogens (tertiary/aromatic N) is 2. The summed E-state index contributed by atoms with van der Waals surface area (Å²) in [6, 6.07) is 16.4. The molecule has 0 saturated heterocycles. The summed E-state index contributed by atoms with van der Waals surface area (Å²) in [6.07, 6.45) is 7.72. The summed E-state index contributed by atoms with van der Waals surface area (Å²) in [5, 5.41) is 7.40. The maximum atomic E-state index is 12.9. The van der Waals surface area contributed by atoms with Crippen molar-refractivity contribution in [3.05, 3.63) is 76.4 Å². The molecular formula is C28H31ClN4O. The number of pyridine rings is 1. The lowest BCUT2D eigenvalue weighted by atomic mass is 9.95. The van der Waals surface area contributed by atoms with Crippen molar-refractivity contribution in [1.82, 2.24) is 10.3 Å². The first kappa shape index (κ1) is 22.7. The molecule has 1 aliphatic carbocycles. The molecule has 1 aliphatic heterocycles. The number of aryl methyl sites for hydroxylation is 1. The van der Waals surface area contributed by atoms with Gasteiger partial charge in [0.2, 0.25) is 0 Å². The minimum atomic E-state index is 0.0133. The highest BCUT2D eigenvalue weighted by Crippen LogP contribution is 2.33. The zero-order chi connectivity index (χ0) is 23.5. The molecule has 34 heavy (non-hydrogen) atoms. The van der Waals surface area contributed by atoms with Crippen molar-refractivity contribution >= 4 is 29.0 Å². The Morgan fingerprint density at radius 2 is 1.97 bits per heavy atom. The van der Waals surface area contributed by atoms with Gasteiger partial charge in [0.15, 0.2) is 0 Å². The lowest BCUT2D eigenvalue weighted by molar-refractivity contribution is 0.0927. The van der Waals surface area contributed by atoms with Crippen LogP contribution in [-0.4, -0.2) is 30.0 Å². The molecule has 2 aliphatic rings. The van der Waals surface area contributed by atoms with E-state index in [4.69, 9.17) is 16.6 Å². The van der Waals surface area contributed by atoms with E-state index in [-0.39, 0.29) is 5.91 Å². The molecule has 0 bridgehead atoms. The summed E-state index contributed by atoms with van der Waals surface area (Å²) in [6.45, 7) is 4.62. The number of amides is 1. The molecule has 5 nitrogen and oxygen atoms in total. The molecule has 3 aromatic rings. The van der Waals surface area contributed by atoms with Crippen LogP contribution in [0.1, 0.15) is 53.6 Å². The maximum absolute atomic E-state index is 12.9. The van der Waals surface area contributed by atoms with Crippen LogP contribution in [0.25, 0.3) is 11.1 Å². The van der Waals surface area contributed by atoms with E-state index in [1.54, 1.807) is 0 Å². The van der Waals surface area contributed by atoms with Gasteiger partial charge < -0.3 is 15.5 Å². The number of carbonyl (C=O) groups excluding carboxylic acids is 1. The topological polar surface area (TPSA) is 57.3 Å². The molecule has 176 valence electrons. The number of fused-ring (bicyclic) bond motifs is 1. The second-order valence-electron chi connectivity index (χ2n) is 9.40. The number of anilines is 2. The monoisotopic (exact) mass is 474 g/mol. The van der Waals surface area contributed by atoms with Gasteiger partial charge in [0.25, 0.3) is 5.91 Å². The fourth-order valence-electron chi connectivity index (χ4n) is 4.95. The number of nitrogens with one attached hydrogen (secondary N) is 2. The summed E-state index contributed by atoms with van der Waals surface area (Å²) in [5.74, 6) is 0.903. The molecule has 0 radical (unpaired) electrons. The number of halogens is 1. The van der Waals surface area contributed by atoms with Crippen LogP contribution in [-0.2, 0) is 6.54 Å². The third kappa shape index (κ3) is 5.05. The summed E-state index contributed by atoms with van der Waals surface area (Å²) < 4.78 is 0. The summed E-state index contributed by atoms with van der Waals surface area (Å²) in [5.41, 5.74) is 6.21. The molecule has 2 heterocycles. The molecule has 1 aromatic heterocycles. The number of benzene rings is 2. The van der Waals surface area contributed by atoms with E-state index in [0.717, 1.165) is 60.1 Å². The van der Waals surface area contributed by atoms with Gasteiger partial charge in [-0.1, -0.05) is 49.1 Å². The van der Waals surface area contributed by atoms with E-state index in [2.05, 4.69) is 34.6 Å². The predicted octanol–water partition coefficient (Wildman–Crippen LogP) is 6.21. The molecule has 0 unspecified atom stereocenters. The number of carbonyl (C=O) groups is 1. The zero-order valence-electron chi connectivity index (χ0n) is 19.6. The largest absolute Gasteiger partial charge is 0.367 e. The molecule has 1 amide bonds. The van der Waals surface area contributed by atoms with Crippen LogP contribution in [0.2, 0.25) is 5.02 Å². The third-order valence-corrected chi connectivity index (χ3v) is 7.19. The van der Waals surface area contributed by atoms with Crippen LogP contribution in [0.15, 0.2) is 54.7 Å². The summed E-state index contributed by atoms with van der Waals surface area (Å²) >= 11 is 6.27. The van der Waals surface area contributed by atoms with Crippen molar-refractivity contribution in [2.75, 3.05) is 23.3 Å². The molecule has 6 heteroatoms. The Morgan fingerprint density at radius 3 is 2.82 bits per heavy atom. The molecule has 1 fully saturated rings. The van der Waals surface area contributed by atoms with Gasteiger partial charge in [0, 0.05) is 48.0 Å². The van der Waals surface area contributed by atoms with Crippen molar-refractivity contribution in [1.29, 1.82) is 0 Å². The summed E-state index contributed by atoms with van der Waals surface area (Å²) in [7, 11) is 0. The molecule has 0 spiro atoms. The van der Waals surface area contributed by atoms with E-state index in [1.165, 1.54) is 30.4 Å². The average molecular weight is 475 g/mol. The highest BCUT2D eigenvalue weighted by molar-refractivity contribution is 6.30. The van der Waals surface area contributed by atoms with Crippen LogP contribution in [0, 0.1) is 6.92 Å². The van der Waals surface area contributed by atoms with Gasteiger partial charge in [-0.05, 0) is 66.8 Å². The highest BCUT2D eigenvalue weighted by atomic mass is 35.5. The van der Waals surface area contributed by atoms with Crippen molar-refractivity contribution in [2.45, 2.75) is 51.6 Å². The van der Waals surface area contributed by atoms with Gasteiger partial charge in [0.05, 0.1) is 5.69 Å². The number of aromatic nitrogens is 1. The van der Waals surface area contributed by atoms with Crippen molar-refractivity contribution in [3.8, 4) is 11.1 Å². The van der Waals surface area contributed by atoms with Crippen molar-refractivity contribution in [2.24, 2.45) is 0 Å². The van der Waals surface area contributed by atoms with E-state index >= 15 is 0 Å². The van der Waals surface area contributed by atoms with Crippen LogP contribution in [0.5, 0.6) is 0 Å². The Kier molecular flexibility index (Phi) is 6.73. The first-order chi connectivity index (χ1) is 16.6. The van der Waals surface area contributed by atoms with Gasteiger partial charge in [-0.15, -0.1) is 0 Å². The molecule has 1 saturated carbocycles. The fourth-order valence-corrected chi connectivity index (χ4v) is 5.15. The Morgan fingerprint density at radius 1 is 1.12 bits per heavy atom. The number of hydrogen-bond acceptors (Lipinski definition) is 4. The molecule has 5 rings (SSSR count). The molecular weight excluding hydrogens is 444 g/mol. The van der Waals surface area contributed by atoms with E-state index in [1.807, 2.05) is 42.6 Å². The van der Waals surface area contributed by atoms with Gasteiger partial charge in [-0.3, -0.25) is 4.79 Å². The minimum absolute atomic E-state index is 0.0133. The molecule has 2 N–H and O–H groups in total. The van der Waals surface area contributed by atoms with Crippen molar-refractivity contribution < 1.29 is 4.79 Å². The zero-order valence-corrected chi connectivity index (χ0v) is 20.4. The second-order valence-corrected chi connectivity index (χ2v) is 9.84. The second kappa shape index (κ2) is 10.1. The Balaban J connectivity index is 1.39. The maximum Gasteiger partial charge on any atom is 0.251 e. The van der Waals surface area contributed by atoms with Gasteiger partial charge in [0.1, 0.15) is 5.82 Å². The minimum Gasteiger partial charge on any atom is -0.367 e. The van der Waals surface area contributed by atoms with Gasteiger partial charge in [-0.25, -0.2) is 4.98 Å². The molecule has 0 atom stereocenters. The fraction of sp³-hybridized carbons (Fsp3) is 0.357. The van der Waals surface area contributed by atoms with Gasteiger partial charge >= 0.3 is 0 Å². The quantitative estimate of drug-likeness (QED) is 0.462. The van der Waals surface area contributed by atoms with Crippen LogP contribution in [0.3, 0.4) is 0 Å². The van der Waals surface area contributed by atoms with Crippen LogP contribution < -0.4 is 15.5 Å².